The van der Waals surface area contributed by atoms with Gasteiger partial charge in [-0.1, -0.05) is 6.07 Å². The smallest absolute Gasteiger partial charge is 0.152 e. The van der Waals surface area contributed by atoms with Crippen molar-refractivity contribution in [3.63, 3.8) is 0 Å². The Kier molecular flexibility index (Phi) is 3.19. The molecule has 2 heterocycles. The fourth-order valence-corrected chi connectivity index (χ4v) is 2.74. The Morgan fingerprint density at radius 1 is 1.47 bits per heavy atom. The van der Waals surface area contributed by atoms with Crippen molar-refractivity contribution in [2.75, 3.05) is 19.0 Å². The van der Waals surface area contributed by atoms with Gasteiger partial charge in [-0.15, -0.1) is 0 Å². The van der Waals surface area contributed by atoms with Gasteiger partial charge in [0.1, 0.15) is 5.65 Å². The molecule has 1 aliphatic carbocycles. The third-order valence-corrected chi connectivity index (χ3v) is 4.20. The van der Waals surface area contributed by atoms with E-state index >= 15 is 0 Å². The summed E-state index contributed by atoms with van der Waals surface area (Å²) < 4.78 is 2.18. The Hall–Kier alpha value is -1.55. The van der Waals surface area contributed by atoms with Crippen LogP contribution >= 0.6 is 0 Å². The molecular formula is C15H22N4. The summed E-state index contributed by atoms with van der Waals surface area (Å²) in [5.74, 6) is 1.96. The topological polar surface area (TPSA) is 32.6 Å². The number of hydrogen-bond donors (Lipinski definition) is 1. The highest BCUT2D eigenvalue weighted by Crippen LogP contribution is 2.36. The minimum atomic E-state index is 0.570. The number of imidazole rings is 1. The molecule has 1 N–H and O–H groups in total. The summed E-state index contributed by atoms with van der Waals surface area (Å²) in [7, 11) is 4.15. The number of aromatic nitrogens is 2. The average molecular weight is 258 g/mol. The SMILES string of the molecule is CNCc1c(N(C)C(C)C2CC2)nc2ccccn12. The fraction of sp³-hybridized carbons (Fsp3) is 0.533. The van der Waals surface area contributed by atoms with Gasteiger partial charge in [-0.2, -0.15) is 0 Å². The van der Waals surface area contributed by atoms with E-state index in [-0.39, 0.29) is 0 Å². The second-order valence-corrected chi connectivity index (χ2v) is 5.53. The normalized spacial score (nSPS) is 16.8. The maximum atomic E-state index is 4.81. The molecule has 0 amide bonds. The van der Waals surface area contributed by atoms with Gasteiger partial charge in [0.15, 0.2) is 5.82 Å². The molecule has 3 rings (SSSR count). The lowest BCUT2D eigenvalue weighted by Gasteiger charge is -2.26. The number of fused-ring (bicyclic) bond motifs is 1. The van der Waals surface area contributed by atoms with Crippen LogP contribution in [0.25, 0.3) is 5.65 Å². The zero-order chi connectivity index (χ0) is 13.4. The van der Waals surface area contributed by atoms with E-state index in [1.165, 1.54) is 18.5 Å². The van der Waals surface area contributed by atoms with Crippen LogP contribution in [0.2, 0.25) is 0 Å². The lowest BCUT2D eigenvalue weighted by molar-refractivity contribution is 0.601. The van der Waals surface area contributed by atoms with Gasteiger partial charge in [0.2, 0.25) is 0 Å². The third-order valence-electron chi connectivity index (χ3n) is 4.20. The minimum Gasteiger partial charge on any atom is -0.355 e. The van der Waals surface area contributed by atoms with Crippen molar-refractivity contribution in [3.05, 3.63) is 30.1 Å². The average Bonchev–Trinajstić information content (AvgIpc) is 3.21. The van der Waals surface area contributed by atoms with E-state index in [0.29, 0.717) is 6.04 Å². The van der Waals surface area contributed by atoms with Crippen LogP contribution < -0.4 is 10.2 Å². The van der Waals surface area contributed by atoms with Crippen molar-refractivity contribution >= 4 is 11.5 Å². The van der Waals surface area contributed by atoms with Crippen molar-refractivity contribution in [1.82, 2.24) is 14.7 Å². The molecule has 1 aliphatic rings. The molecule has 19 heavy (non-hydrogen) atoms. The summed E-state index contributed by atoms with van der Waals surface area (Å²) in [6, 6.07) is 6.74. The van der Waals surface area contributed by atoms with Crippen LogP contribution in [0.15, 0.2) is 24.4 Å². The third kappa shape index (κ3) is 2.21. The highest BCUT2D eigenvalue weighted by Gasteiger charge is 2.32. The van der Waals surface area contributed by atoms with Crippen molar-refractivity contribution in [3.8, 4) is 0 Å². The minimum absolute atomic E-state index is 0.570. The summed E-state index contributed by atoms with van der Waals surface area (Å²) in [6.07, 6.45) is 4.81. The van der Waals surface area contributed by atoms with Crippen LogP contribution in [0.4, 0.5) is 5.82 Å². The number of pyridine rings is 1. The first-order valence-corrected chi connectivity index (χ1v) is 7.05. The van der Waals surface area contributed by atoms with Crippen molar-refractivity contribution in [2.45, 2.75) is 32.4 Å². The standard InChI is InChI=1S/C15H22N4/c1-11(12-7-8-12)18(3)15-13(10-16-2)19-9-5-4-6-14(19)17-15/h4-6,9,11-12,16H,7-8,10H2,1-3H3. The Balaban J connectivity index is 2.03. The van der Waals surface area contributed by atoms with Crippen LogP contribution in [0.3, 0.4) is 0 Å². The number of rotatable bonds is 5. The molecule has 1 unspecified atom stereocenters. The van der Waals surface area contributed by atoms with Crippen LogP contribution in [-0.2, 0) is 6.54 Å². The summed E-state index contributed by atoms with van der Waals surface area (Å²) in [5, 5.41) is 3.25. The van der Waals surface area contributed by atoms with Crippen LogP contribution in [0.5, 0.6) is 0 Å². The molecule has 2 aromatic rings. The Morgan fingerprint density at radius 2 is 2.26 bits per heavy atom. The molecule has 102 valence electrons. The second kappa shape index (κ2) is 4.85. The highest BCUT2D eigenvalue weighted by atomic mass is 15.2. The first kappa shape index (κ1) is 12.5. The van der Waals surface area contributed by atoms with E-state index < -0.39 is 0 Å². The van der Waals surface area contributed by atoms with Gasteiger partial charge >= 0.3 is 0 Å². The molecule has 0 aliphatic heterocycles. The predicted octanol–water partition coefficient (Wildman–Crippen LogP) is 2.29. The van der Waals surface area contributed by atoms with Crippen LogP contribution in [-0.4, -0.2) is 29.5 Å². The van der Waals surface area contributed by atoms with Gasteiger partial charge in [-0.25, -0.2) is 4.98 Å². The van der Waals surface area contributed by atoms with Crippen molar-refractivity contribution < 1.29 is 0 Å². The van der Waals surface area contributed by atoms with Gasteiger partial charge in [0.05, 0.1) is 5.69 Å². The van der Waals surface area contributed by atoms with Crippen molar-refractivity contribution in [1.29, 1.82) is 0 Å². The number of nitrogens with one attached hydrogen (secondary N) is 1. The molecule has 0 saturated heterocycles. The molecule has 0 radical (unpaired) electrons. The molecule has 0 spiro atoms. The summed E-state index contributed by atoms with van der Waals surface area (Å²) in [6.45, 7) is 3.15. The Labute approximate surface area is 114 Å². The number of anilines is 1. The molecule has 4 nitrogen and oxygen atoms in total. The molecule has 2 aromatic heterocycles. The summed E-state index contributed by atoms with van der Waals surface area (Å²) >= 11 is 0. The quantitative estimate of drug-likeness (QED) is 0.893. The van der Waals surface area contributed by atoms with Gasteiger partial charge in [0.25, 0.3) is 0 Å². The first-order chi connectivity index (χ1) is 9.22. The first-order valence-electron chi connectivity index (χ1n) is 7.05. The molecule has 0 bridgehead atoms. The van der Waals surface area contributed by atoms with E-state index in [2.05, 4.69) is 46.9 Å². The maximum Gasteiger partial charge on any atom is 0.152 e. The highest BCUT2D eigenvalue weighted by molar-refractivity contribution is 5.56. The Bertz CT molecular complexity index is 571. The van der Waals surface area contributed by atoms with Gasteiger partial charge in [0, 0.05) is 25.8 Å². The molecule has 4 heteroatoms. The van der Waals surface area contributed by atoms with E-state index in [9.17, 15) is 0 Å². The molecule has 1 fully saturated rings. The number of nitrogens with zero attached hydrogens (tertiary/aromatic N) is 3. The van der Waals surface area contributed by atoms with Crippen molar-refractivity contribution in [2.24, 2.45) is 5.92 Å². The van der Waals surface area contributed by atoms with Gasteiger partial charge in [-0.3, -0.25) is 0 Å². The monoisotopic (exact) mass is 258 g/mol. The summed E-state index contributed by atoms with van der Waals surface area (Å²) in [4.78, 5) is 7.16. The zero-order valence-corrected chi connectivity index (χ0v) is 11.9. The van der Waals surface area contributed by atoms with Gasteiger partial charge in [-0.05, 0) is 44.9 Å². The Morgan fingerprint density at radius 3 is 2.95 bits per heavy atom. The molecule has 1 atom stereocenters. The van der Waals surface area contributed by atoms with E-state index in [1.54, 1.807) is 0 Å². The predicted molar refractivity (Wildman–Crippen MR) is 78.5 cm³/mol. The van der Waals surface area contributed by atoms with E-state index in [4.69, 9.17) is 4.98 Å². The van der Waals surface area contributed by atoms with E-state index in [1.807, 2.05) is 13.1 Å². The summed E-state index contributed by atoms with van der Waals surface area (Å²) in [5.41, 5.74) is 2.27. The lowest BCUT2D eigenvalue weighted by atomic mass is 10.2. The number of hydrogen-bond acceptors (Lipinski definition) is 3. The fourth-order valence-electron chi connectivity index (χ4n) is 2.74. The molecular weight excluding hydrogens is 236 g/mol. The zero-order valence-electron chi connectivity index (χ0n) is 11.9. The lowest BCUT2D eigenvalue weighted by Crippen LogP contribution is -2.32. The molecule has 1 saturated carbocycles. The largest absolute Gasteiger partial charge is 0.355 e. The van der Waals surface area contributed by atoms with Gasteiger partial charge < -0.3 is 14.6 Å². The van der Waals surface area contributed by atoms with Crippen LogP contribution in [0.1, 0.15) is 25.5 Å². The molecule has 0 aromatic carbocycles. The maximum absolute atomic E-state index is 4.81. The second-order valence-electron chi connectivity index (χ2n) is 5.53. The van der Waals surface area contributed by atoms with E-state index in [0.717, 1.165) is 23.9 Å². The van der Waals surface area contributed by atoms with Crippen LogP contribution in [0, 0.1) is 5.92 Å².